The van der Waals surface area contributed by atoms with E-state index < -0.39 is 47.3 Å². The second kappa shape index (κ2) is 10.4. The van der Waals surface area contributed by atoms with Gasteiger partial charge in [0.1, 0.15) is 29.6 Å². The predicted octanol–water partition coefficient (Wildman–Crippen LogP) is 3.86. The maximum Gasteiger partial charge on any atom is 0.323 e. The molecule has 4 rings (SSSR count). The molecule has 0 saturated heterocycles. The molecule has 2 aromatic carbocycles. The van der Waals surface area contributed by atoms with E-state index in [2.05, 4.69) is 9.97 Å². The number of amidine groups is 1. The highest BCUT2D eigenvalue weighted by Gasteiger charge is 2.28. The third-order valence-electron chi connectivity index (χ3n) is 5.35. The summed E-state index contributed by atoms with van der Waals surface area (Å²) in [6.45, 7) is -0.754. The lowest BCUT2D eigenvalue weighted by Gasteiger charge is -2.21. The van der Waals surface area contributed by atoms with Gasteiger partial charge in [-0.2, -0.15) is 13.8 Å². The number of nitrogens with one attached hydrogen (secondary N) is 1. The van der Waals surface area contributed by atoms with Crippen LogP contribution in [0.25, 0.3) is 11.4 Å². The van der Waals surface area contributed by atoms with Crippen molar-refractivity contribution in [3.8, 4) is 40.4 Å². The zero-order valence-corrected chi connectivity index (χ0v) is 20.1. The maximum atomic E-state index is 15.5. The van der Waals surface area contributed by atoms with Crippen LogP contribution in [0.15, 0.2) is 54.9 Å². The van der Waals surface area contributed by atoms with E-state index in [1.807, 2.05) is 0 Å². The maximum absolute atomic E-state index is 15.5. The summed E-state index contributed by atoms with van der Waals surface area (Å²) in [5.41, 5.74) is 5.49. The number of benzene rings is 2. The van der Waals surface area contributed by atoms with E-state index in [-0.39, 0.29) is 22.9 Å². The summed E-state index contributed by atoms with van der Waals surface area (Å²) in [6, 6.07) is 10.2. The molecule has 11 nitrogen and oxygen atoms in total. The Kier molecular flexibility index (Phi) is 7.10. The van der Waals surface area contributed by atoms with E-state index in [1.165, 1.54) is 31.3 Å². The van der Waals surface area contributed by atoms with Crippen molar-refractivity contribution in [2.24, 2.45) is 12.8 Å². The largest absolute Gasteiger partial charge is 0.504 e. The van der Waals surface area contributed by atoms with Crippen LogP contribution >= 0.6 is 0 Å². The van der Waals surface area contributed by atoms with E-state index in [4.69, 9.17) is 25.7 Å². The molecule has 0 spiro atoms. The zero-order valence-electron chi connectivity index (χ0n) is 20.1. The number of pyridine rings is 1. The Morgan fingerprint density at radius 3 is 2.50 bits per heavy atom. The van der Waals surface area contributed by atoms with Gasteiger partial charge in [0.2, 0.25) is 11.6 Å². The number of hydrogen-bond acceptors (Lipinski definition) is 8. The Morgan fingerprint density at radius 1 is 1.16 bits per heavy atom. The number of aryl methyl sites for hydroxylation is 1. The summed E-state index contributed by atoms with van der Waals surface area (Å²) in [5, 5.41) is 26.9. The Bertz CT molecular complexity index is 1540. The van der Waals surface area contributed by atoms with Gasteiger partial charge < -0.3 is 34.9 Å². The number of ether oxygens (including phenoxy) is 2. The van der Waals surface area contributed by atoms with Crippen molar-refractivity contribution in [3.63, 3.8) is 0 Å². The first-order valence-electron chi connectivity index (χ1n) is 11.0. The topological polar surface area (TPSA) is 160 Å². The highest BCUT2D eigenvalue weighted by Crippen LogP contribution is 2.40. The summed E-state index contributed by atoms with van der Waals surface area (Å²) < 4.78 is 43.8. The van der Waals surface area contributed by atoms with E-state index in [1.54, 1.807) is 42.2 Å². The van der Waals surface area contributed by atoms with Gasteiger partial charge in [-0.25, -0.2) is 4.98 Å². The number of likely N-dealkylation sites (N-methyl/N-ethyl adjacent to an activating group) is 1. The number of nitrogen functional groups attached to an aromatic ring is 1. The van der Waals surface area contributed by atoms with Crippen molar-refractivity contribution in [3.05, 3.63) is 72.1 Å². The third-order valence-corrected chi connectivity index (χ3v) is 5.35. The third kappa shape index (κ3) is 5.31. The smallest absolute Gasteiger partial charge is 0.323 e. The molecular weight excluding hydrogens is 502 g/mol. The number of nitrogens with zero attached hydrogens (tertiary/aromatic N) is 4. The molecular formula is C25H22F2N6O5. The predicted molar refractivity (Wildman–Crippen MR) is 133 cm³/mol. The molecule has 0 atom stereocenters. The average molecular weight is 524 g/mol. The minimum Gasteiger partial charge on any atom is -0.504 e. The van der Waals surface area contributed by atoms with Crippen LogP contribution in [0.2, 0.25) is 0 Å². The molecule has 0 bridgehead atoms. The highest BCUT2D eigenvalue weighted by atomic mass is 19.1. The first-order chi connectivity index (χ1) is 18.0. The van der Waals surface area contributed by atoms with Crippen LogP contribution in [0.3, 0.4) is 0 Å². The average Bonchev–Trinajstić information content (AvgIpc) is 3.29. The Morgan fingerprint density at radius 2 is 1.87 bits per heavy atom. The van der Waals surface area contributed by atoms with Gasteiger partial charge >= 0.3 is 5.97 Å². The number of imidazole rings is 1. The van der Waals surface area contributed by atoms with E-state index in [0.717, 1.165) is 4.90 Å². The number of hydrogen-bond donors (Lipinski definition) is 4. The van der Waals surface area contributed by atoms with Crippen LogP contribution in [0.4, 0.5) is 14.5 Å². The first-order valence-corrected chi connectivity index (χ1v) is 11.0. The molecule has 0 aliphatic heterocycles. The lowest BCUT2D eigenvalue weighted by Crippen LogP contribution is -2.27. The molecule has 196 valence electrons. The fourth-order valence-electron chi connectivity index (χ4n) is 3.56. The molecule has 0 aliphatic carbocycles. The summed E-state index contributed by atoms with van der Waals surface area (Å²) in [5.74, 6) is -5.87. The van der Waals surface area contributed by atoms with Crippen molar-refractivity contribution >= 4 is 17.5 Å². The van der Waals surface area contributed by atoms with Crippen LogP contribution in [-0.2, 0) is 11.8 Å². The number of phenols is 1. The molecule has 5 N–H and O–H groups in total. The second-order valence-electron chi connectivity index (χ2n) is 8.14. The molecule has 2 aromatic heterocycles. The van der Waals surface area contributed by atoms with Gasteiger partial charge in [0.25, 0.3) is 11.8 Å². The number of aromatic hydroxyl groups is 1. The van der Waals surface area contributed by atoms with Gasteiger partial charge in [-0.3, -0.25) is 10.2 Å². The molecule has 4 aromatic rings. The van der Waals surface area contributed by atoms with Crippen molar-refractivity contribution < 1.29 is 33.3 Å². The number of nitrogens with two attached hydrogens (primary N) is 1. The van der Waals surface area contributed by atoms with Gasteiger partial charge in [0.15, 0.2) is 11.5 Å². The Balaban J connectivity index is 1.80. The molecule has 0 amide bonds. The minimum absolute atomic E-state index is 0.128. The summed E-state index contributed by atoms with van der Waals surface area (Å²) in [6.07, 6.45) is 3.35. The van der Waals surface area contributed by atoms with Crippen LogP contribution in [0, 0.1) is 17.0 Å². The number of carbonyl (C=O) groups is 1. The van der Waals surface area contributed by atoms with Gasteiger partial charge in [-0.15, -0.1) is 0 Å². The van der Waals surface area contributed by atoms with E-state index in [9.17, 15) is 9.90 Å². The van der Waals surface area contributed by atoms with E-state index in [0.29, 0.717) is 11.4 Å². The molecule has 38 heavy (non-hydrogen) atoms. The second-order valence-corrected chi connectivity index (χ2v) is 8.14. The SMILES string of the molecule is CN(CC(=O)O)c1c(F)c(Oc2cccc(-c3nccn3C)c2)nc(Oc2cc(C(=N)N)ccc2O)c1F. The molecule has 0 saturated carbocycles. The zero-order chi connectivity index (χ0) is 27.6. The van der Waals surface area contributed by atoms with Crippen LogP contribution in [-0.4, -0.2) is 50.1 Å². The molecule has 0 unspecified atom stereocenters. The van der Waals surface area contributed by atoms with Crippen molar-refractivity contribution in [1.29, 1.82) is 5.41 Å². The lowest BCUT2D eigenvalue weighted by molar-refractivity contribution is -0.135. The van der Waals surface area contributed by atoms with Crippen molar-refractivity contribution in [1.82, 2.24) is 14.5 Å². The quantitative estimate of drug-likeness (QED) is 0.188. The summed E-state index contributed by atoms with van der Waals surface area (Å²) >= 11 is 0. The number of anilines is 1. The van der Waals surface area contributed by atoms with Gasteiger partial charge in [0.05, 0.1) is 0 Å². The summed E-state index contributed by atoms with van der Waals surface area (Å²) in [7, 11) is 2.96. The normalized spacial score (nSPS) is 10.7. The molecule has 0 aliphatic rings. The van der Waals surface area contributed by atoms with Crippen LogP contribution in [0.1, 0.15) is 5.56 Å². The number of aromatic nitrogens is 3. The molecule has 2 heterocycles. The van der Waals surface area contributed by atoms with Crippen molar-refractivity contribution in [2.45, 2.75) is 0 Å². The van der Waals surface area contributed by atoms with Gasteiger partial charge in [0, 0.05) is 37.6 Å². The number of carboxylic acids is 1. The fourth-order valence-corrected chi connectivity index (χ4v) is 3.56. The number of aliphatic carboxylic acids is 1. The minimum atomic E-state index is -1.34. The van der Waals surface area contributed by atoms with Crippen molar-refractivity contribution in [2.75, 3.05) is 18.5 Å². The summed E-state index contributed by atoms with van der Waals surface area (Å²) in [4.78, 5) is 20.1. The first kappa shape index (κ1) is 25.9. The Hall–Kier alpha value is -5.20. The highest BCUT2D eigenvalue weighted by molar-refractivity contribution is 5.95. The number of halogens is 2. The van der Waals surface area contributed by atoms with Gasteiger partial charge in [-0.05, 0) is 30.3 Å². The monoisotopic (exact) mass is 524 g/mol. The standard InChI is InChI=1S/C25H22F2N6O5/c1-32-9-8-30-23(32)14-4-3-5-15(10-14)37-24-19(26)21(33(2)12-18(35)36)20(27)25(31-24)38-17-11-13(22(28)29)6-7-16(17)34/h3-11,34H,12H2,1-2H3,(H3,28,29)(H,35,36). The number of rotatable bonds is 9. The van der Waals surface area contributed by atoms with Gasteiger partial charge in [-0.1, -0.05) is 12.1 Å². The number of carboxylic acid groups (broad SMARTS) is 1. The fraction of sp³-hybridized carbons (Fsp3) is 0.120. The number of phenolic OH excluding ortho intramolecular Hbond substituents is 1. The molecule has 13 heteroatoms. The molecule has 0 radical (unpaired) electrons. The van der Waals surface area contributed by atoms with E-state index >= 15 is 8.78 Å². The molecule has 0 fully saturated rings. The Labute approximate surface area is 214 Å². The van der Waals surface area contributed by atoms with Crippen LogP contribution < -0.4 is 20.1 Å². The lowest BCUT2D eigenvalue weighted by atomic mass is 10.2. The van der Waals surface area contributed by atoms with Crippen LogP contribution in [0.5, 0.6) is 29.0 Å².